The van der Waals surface area contributed by atoms with Crippen LogP contribution < -0.4 is 16.0 Å². The lowest BCUT2D eigenvalue weighted by atomic mass is 9.89. The monoisotopic (exact) mass is 536 g/mol. The van der Waals surface area contributed by atoms with Gasteiger partial charge in [-0.15, -0.1) is 11.5 Å². The average molecular weight is 537 g/mol. The Morgan fingerprint density at radius 1 is 1.16 bits per heavy atom. The fourth-order valence-corrected chi connectivity index (χ4v) is 5.02. The molecule has 1 atom stereocenters. The summed E-state index contributed by atoms with van der Waals surface area (Å²) in [7, 11) is 0. The Hall–Kier alpha value is -4.04. The molecule has 0 aliphatic heterocycles. The molecule has 0 radical (unpaired) electrons. The molecular formula is C26H29ClN8O3. The van der Waals surface area contributed by atoms with Gasteiger partial charge in [0.1, 0.15) is 11.0 Å². The summed E-state index contributed by atoms with van der Waals surface area (Å²) in [4.78, 5) is 34.7. The molecule has 3 aromatic heterocycles. The van der Waals surface area contributed by atoms with E-state index in [0.717, 1.165) is 31.4 Å². The minimum Gasteiger partial charge on any atom is -0.465 e. The maximum Gasteiger partial charge on any atom is 0.408 e. The van der Waals surface area contributed by atoms with Gasteiger partial charge in [-0.05, 0) is 57.6 Å². The summed E-state index contributed by atoms with van der Waals surface area (Å²) >= 11 is 5.95. The number of anilines is 3. The highest BCUT2D eigenvalue weighted by atomic mass is 35.5. The number of carbonyl (C=O) groups is 2. The van der Waals surface area contributed by atoms with Crippen molar-refractivity contribution in [1.82, 2.24) is 24.5 Å². The molecular weight excluding hydrogens is 508 g/mol. The number of pyridine rings is 1. The lowest BCUT2D eigenvalue weighted by Crippen LogP contribution is -2.47. The third-order valence-corrected chi connectivity index (χ3v) is 7.15. The van der Waals surface area contributed by atoms with Crippen LogP contribution in [0.1, 0.15) is 55.9 Å². The molecule has 2 aliphatic rings. The van der Waals surface area contributed by atoms with Crippen molar-refractivity contribution in [2.75, 3.05) is 16.0 Å². The van der Waals surface area contributed by atoms with Gasteiger partial charge in [-0.25, -0.2) is 19.3 Å². The van der Waals surface area contributed by atoms with Crippen LogP contribution in [0.4, 0.5) is 22.0 Å². The first-order valence-electron chi connectivity index (χ1n) is 12.6. The van der Waals surface area contributed by atoms with Crippen molar-refractivity contribution in [2.24, 2.45) is 0 Å². The van der Waals surface area contributed by atoms with E-state index in [0.29, 0.717) is 36.0 Å². The molecule has 11 nitrogen and oxygen atoms in total. The van der Waals surface area contributed by atoms with Crippen LogP contribution in [-0.4, -0.2) is 65.8 Å². The molecule has 2 aliphatic carbocycles. The van der Waals surface area contributed by atoms with Gasteiger partial charge in [-0.2, -0.15) is 0 Å². The molecule has 3 heterocycles. The van der Waals surface area contributed by atoms with Gasteiger partial charge < -0.3 is 21.1 Å². The summed E-state index contributed by atoms with van der Waals surface area (Å²) in [5.74, 6) is 2.76. The lowest BCUT2D eigenvalue weighted by Gasteiger charge is -2.37. The van der Waals surface area contributed by atoms with Gasteiger partial charge in [0, 0.05) is 36.1 Å². The Bertz CT molecular complexity index is 1390. The molecule has 198 valence electrons. The van der Waals surface area contributed by atoms with Crippen LogP contribution >= 0.6 is 11.6 Å². The van der Waals surface area contributed by atoms with E-state index in [9.17, 15) is 14.7 Å². The zero-order valence-corrected chi connectivity index (χ0v) is 21.6. The van der Waals surface area contributed by atoms with Gasteiger partial charge in [-0.1, -0.05) is 17.5 Å². The second-order valence-corrected chi connectivity index (χ2v) is 10.1. The van der Waals surface area contributed by atoms with Crippen molar-refractivity contribution in [3.05, 3.63) is 41.4 Å². The van der Waals surface area contributed by atoms with Crippen molar-refractivity contribution in [1.29, 1.82) is 0 Å². The second kappa shape index (κ2) is 10.8. The van der Waals surface area contributed by atoms with Crippen LogP contribution in [0.25, 0.3) is 5.65 Å². The Balaban J connectivity index is 1.35. The highest BCUT2D eigenvalue weighted by molar-refractivity contribution is 6.29. The van der Waals surface area contributed by atoms with Gasteiger partial charge in [-0.3, -0.25) is 9.69 Å². The van der Waals surface area contributed by atoms with E-state index in [1.807, 2.05) is 6.07 Å². The summed E-state index contributed by atoms with van der Waals surface area (Å²) in [6.07, 6.45) is 12.6. The molecule has 5 rings (SSSR count). The van der Waals surface area contributed by atoms with E-state index in [1.165, 1.54) is 21.8 Å². The van der Waals surface area contributed by atoms with Gasteiger partial charge in [0.2, 0.25) is 0 Å². The molecule has 2 amide bonds. The maximum absolute atomic E-state index is 13.1. The lowest BCUT2D eigenvalue weighted by molar-refractivity contribution is 0.0997. The van der Waals surface area contributed by atoms with Crippen molar-refractivity contribution in [3.63, 3.8) is 0 Å². The minimum absolute atomic E-state index is 0.0986. The Morgan fingerprint density at radius 3 is 2.53 bits per heavy atom. The predicted molar refractivity (Wildman–Crippen MR) is 145 cm³/mol. The molecule has 0 saturated heterocycles. The topological polar surface area (TPSA) is 137 Å². The number of nitrogens with zero attached hydrogens (tertiary/aromatic N) is 5. The number of terminal acetylenes is 1. The van der Waals surface area contributed by atoms with Crippen molar-refractivity contribution >= 4 is 46.4 Å². The number of hydrogen-bond acceptors (Lipinski definition) is 7. The predicted octanol–water partition coefficient (Wildman–Crippen LogP) is 4.33. The number of fused-ring (bicyclic) bond motifs is 1. The summed E-state index contributed by atoms with van der Waals surface area (Å²) < 4.78 is 1.54. The number of amides is 2. The third kappa shape index (κ3) is 5.60. The molecule has 0 bridgehead atoms. The number of carboxylic acid groups (broad SMARTS) is 1. The smallest absolute Gasteiger partial charge is 0.408 e. The van der Waals surface area contributed by atoms with Crippen LogP contribution in [0, 0.1) is 12.3 Å². The van der Waals surface area contributed by atoms with Gasteiger partial charge in [0.15, 0.2) is 11.3 Å². The highest BCUT2D eigenvalue weighted by Gasteiger charge is 2.32. The SMILES string of the molecule is C#CC(C)N(C(=O)O)C1CCC(Nc2cc(NC3CC3)c3ncc(C(=O)Nc4ccnc(Cl)c4)n3n2)CC1. The number of carbonyl (C=O) groups excluding carboxylic acids is 1. The fourth-order valence-electron chi connectivity index (χ4n) is 4.85. The van der Waals surface area contributed by atoms with Gasteiger partial charge in [0.05, 0.1) is 17.9 Å². The summed E-state index contributed by atoms with van der Waals surface area (Å²) in [6.45, 7) is 1.73. The number of imidazole rings is 1. The Labute approximate surface area is 225 Å². The molecule has 38 heavy (non-hydrogen) atoms. The normalized spacial score (nSPS) is 19.8. The molecule has 2 saturated carbocycles. The van der Waals surface area contributed by atoms with Gasteiger partial charge >= 0.3 is 6.09 Å². The van der Waals surface area contributed by atoms with Crippen LogP contribution in [-0.2, 0) is 0 Å². The van der Waals surface area contributed by atoms with Crippen LogP contribution in [0.2, 0.25) is 5.15 Å². The molecule has 3 aromatic rings. The van der Waals surface area contributed by atoms with E-state index in [-0.39, 0.29) is 28.8 Å². The molecule has 2 fully saturated rings. The summed E-state index contributed by atoms with van der Waals surface area (Å²) in [6, 6.07) is 5.01. The van der Waals surface area contributed by atoms with Crippen LogP contribution in [0.15, 0.2) is 30.6 Å². The standard InChI is InChI=1S/C26H29ClN8O3/c1-3-15(2)34(26(37)38)19-8-6-17(7-9-19)31-23-13-20(30-16-4-5-16)24-29-14-21(35(24)33-23)25(36)32-18-10-11-28-22(27)12-18/h1,10-17,19,30H,4-9H2,2H3,(H,31,33)(H,37,38)(H,28,32,36). The fraction of sp³-hybridized carbons (Fsp3) is 0.423. The van der Waals surface area contributed by atoms with E-state index in [2.05, 4.69) is 31.8 Å². The van der Waals surface area contributed by atoms with E-state index >= 15 is 0 Å². The van der Waals surface area contributed by atoms with Crippen molar-refractivity contribution in [3.8, 4) is 12.3 Å². The average Bonchev–Trinajstić information content (AvgIpc) is 3.60. The number of halogens is 1. The molecule has 12 heteroatoms. The highest BCUT2D eigenvalue weighted by Crippen LogP contribution is 2.31. The quantitative estimate of drug-likeness (QED) is 0.247. The van der Waals surface area contributed by atoms with Crippen LogP contribution in [0.5, 0.6) is 0 Å². The number of rotatable bonds is 8. The number of nitrogens with one attached hydrogen (secondary N) is 3. The first-order valence-corrected chi connectivity index (χ1v) is 13.0. The molecule has 1 unspecified atom stereocenters. The van der Waals surface area contributed by atoms with Crippen LogP contribution in [0.3, 0.4) is 0 Å². The molecule has 0 spiro atoms. The summed E-state index contributed by atoms with van der Waals surface area (Å²) in [5, 5.41) is 24.4. The van der Waals surface area contributed by atoms with Crippen molar-refractivity contribution < 1.29 is 14.7 Å². The molecule has 0 aromatic carbocycles. The Morgan fingerprint density at radius 2 is 1.87 bits per heavy atom. The van der Waals surface area contributed by atoms with E-state index in [1.54, 1.807) is 19.1 Å². The Kier molecular flexibility index (Phi) is 7.24. The zero-order chi connectivity index (χ0) is 26.8. The first-order chi connectivity index (χ1) is 18.3. The van der Waals surface area contributed by atoms with E-state index in [4.69, 9.17) is 23.1 Å². The van der Waals surface area contributed by atoms with Crippen molar-refractivity contribution in [2.45, 2.75) is 69.6 Å². The largest absolute Gasteiger partial charge is 0.465 e. The third-order valence-electron chi connectivity index (χ3n) is 6.94. The van der Waals surface area contributed by atoms with Gasteiger partial charge in [0.25, 0.3) is 5.91 Å². The maximum atomic E-state index is 13.1. The zero-order valence-electron chi connectivity index (χ0n) is 20.9. The van der Waals surface area contributed by atoms with E-state index < -0.39 is 12.1 Å². The first kappa shape index (κ1) is 25.6. The number of aromatic nitrogens is 4. The minimum atomic E-state index is -0.991. The number of hydrogen-bond donors (Lipinski definition) is 4. The molecule has 4 N–H and O–H groups in total. The second-order valence-electron chi connectivity index (χ2n) is 9.74. The summed E-state index contributed by atoms with van der Waals surface area (Å²) in [5.41, 5.74) is 2.15.